The van der Waals surface area contributed by atoms with Crippen LogP contribution in [0.5, 0.6) is 0 Å². The first-order chi connectivity index (χ1) is 15.4. The molecule has 2 N–H and O–H groups in total. The van der Waals surface area contributed by atoms with E-state index in [0.717, 1.165) is 17.9 Å². The SMILES string of the molecule is CN(C)Cc1cccc(Nc2nc3ccc(Cl)cc3c(=O)n2-c2ccccc2)c1.O=CO. The van der Waals surface area contributed by atoms with Crippen LogP contribution in [0.3, 0.4) is 0 Å². The molecule has 8 heteroatoms. The third-order valence-electron chi connectivity index (χ3n) is 4.53. The molecule has 0 amide bonds. The van der Waals surface area contributed by atoms with Gasteiger partial charge in [-0.1, -0.05) is 41.9 Å². The first-order valence-electron chi connectivity index (χ1n) is 9.79. The molecule has 0 fully saturated rings. The van der Waals surface area contributed by atoms with Gasteiger partial charge in [0.1, 0.15) is 0 Å². The third-order valence-corrected chi connectivity index (χ3v) is 4.76. The molecule has 4 rings (SSSR count). The molecule has 1 aromatic heterocycles. The highest BCUT2D eigenvalue weighted by Crippen LogP contribution is 2.22. The zero-order valence-electron chi connectivity index (χ0n) is 17.7. The predicted molar refractivity (Wildman–Crippen MR) is 128 cm³/mol. The summed E-state index contributed by atoms with van der Waals surface area (Å²) in [5.41, 5.74) is 3.20. The van der Waals surface area contributed by atoms with Gasteiger partial charge in [0.2, 0.25) is 5.95 Å². The van der Waals surface area contributed by atoms with Crippen molar-refractivity contribution in [2.45, 2.75) is 6.54 Å². The van der Waals surface area contributed by atoms with E-state index in [2.05, 4.69) is 22.3 Å². The monoisotopic (exact) mass is 450 g/mol. The van der Waals surface area contributed by atoms with Gasteiger partial charge in [0.05, 0.1) is 16.6 Å². The Hall–Kier alpha value is -3.68. The summed E-state index contributed by atoms with van der Waals surface area (Å²) in [5, 5.41) is 11.2. The minimum absolute atomic E-state index is 0.171. The topological polar surface area (TPSA) is 87.5 Å². The molecular weight excluding hydrogens is 428 g/mol. The van der Waals surface area contributed by atoms with Crippen LogP contribution in [0.1, 0.15) is 5.56 Å². The molecule has 4 aromatic rings. The average Bonchev–Trinajstić information content (AvgIpc) is 2.75. The highest BCUT2D eigenvalue weighted by Gasteiger charge is 2.13. The van der Waals surface area contributed by atoms with Gasteiger partial charge in [0.25, 0.3) is 12.0 Å². The predicted octanol–water partition coefficient (Wildman–Crippen LogP) is 4.55. The molecule has 0 aliphatic rings. The fourth-order valence-electron chi connectivity index (χ4n) is 3.30. The van der Waals surface area contributed by atoms with E-state index in [4.69, 9.17) is 26.5 Å². The second kappa shape index (κ2) is 10.6. The molecule has 0 unspecified atom stereocenters. The van der Waals surface area contributed by atoms with Gasteiger partial charge in [-0.15, -0.1) is 0 Å². The van der Waals surface area contributed by atoms with Crippen molar-refractivity contribution in [2.24, 2.45) is 0 Å². The number of aromatic nitrogens is 2. The number of nitrogens with one attached hydrogen (secondary N) is 1. The van der Waals surface area contributed by atoms with Crippen LogP contribution in [0, 0.1) is 0 Å². The van der Waals surface area contributed by atoms with Gasteiger partial charge in [-0.25, -0.2) is 9.55 Å². The second-order valence-electron chi connectivity index (χ2n) is 7.24. The first-order valence-corrected chi connectivity index (χ1v) is 10.2. The van der Waals surface area contributed by atoms with Crippen LogP contribution in [0.4, 0.5) is 11.6 Å². The third kappa shape index (κ3) is 5.51. The highest BCUT2D eigenvalue weighted by molar-refractivity contribution is 6.31. The van der Waals surface area contributed by atoms with Crippen molar-refractivity contribution in [3.8, 4) is 5.69 Å². The normalized spacial score (nSPS) is 10.5. The molecule has 0 saturated carbocycles. The molecule has 0 bridgehead atoms. The Balaban J connectivity index is 0.000000913. The Morgan fingerprint density at radius 3 is 2.47 bits per heavy atom. The number of carboxylic acid groups (broad SMARTS) is 1. The minimum Gasteiger partial charge on any atom is -0.483 e. The number of rotatable bonds is 5. The number of hydrogen-bond acceptors (Lipinski definition) is 5. The van der Waals surface area contributed by atoms with E-state index in [9.17, 15) is 4.79 Å². The van der Waals surface area contributed by atoms with E-state index >= 15 is 0 Å². The number of para-hydroxylation sites is 1. The van der Waals surface area contributed by atoms with Crippen LogP contribution < -0.4 is 10.9 Å². The lowest BCUT2D eigenvalue weighted by atomic mass is 10.2. The summed E-state index contributed by atoms with van der Waals surface area (Å²) in [6.45, 7) is 0.574. The van der Waals surface area contributed by atoms with Crippen LogP contribution in [0.2, 0.25) is 5.02 Å². The molecule has 0 aliphatic heterocycles. The summed E-state index contributed by atoms with van der Waals surface area (Å²) in [5.74, 6) is 0.457. The Morgan fingerprint density at radius 2 is 1.78 bits per heavy atom. The van der Waals surface area contributed by atoms with E-state index < -0.39 is 0 Å². The van der Waals surface area contributed by atoms with Crippen LogP contribution in [0.15, 0.2) is 77.6 Å². The van der Waals surface area contributed by atoms with Gasteiger partial charge in [0.15, 0.2) is 0 Å². The molecule has 32 heavy (non-hydrogen) atoms. The van der Waals surface area contributed by atoms with Gasteiger partial charge in [-0.05, 0) is 62.1 Å². The molecule has 164 valence electrons. The number of nitrogens with zero attached hydrogens (tertiary/aromatic N) is 3. The number of halogens is 1. The summed E-state index contributed by atoms with van der Waals surface area (Å²) in [6, 6.07) is 22.7. The van der Waals surface area contributed by atoms with E-state index in [-0.39, 0.29) is 12.0 Å². The van der Waals surface area contributed by atoms with Crippen LogP contribution in [-0.2, 0) is 11.3 Å². The fourth-order valence-corrected chi connectivity index (χ4v) is 3.47. The van der Waals surface area contributed by atoms with E-state index in [0.29, 0.717) is 21.9 Å². The number of carbonyl (C=O) groups is 1. The van der Waals surface area contributed by atoms with Crippen LogP contribution >= 0.6 is 11.6 Å². The zero-order chi connectivity index (χ0) is 23.1. The van der Waals surface area contributed by atoms with Gasteiger partial charge in [-0.2, -0.15) is 0 Å². The number of hydrogen-bond donors (Lipinski definition) is 2. The summed E-state index contributed by atoms with van der Waals surface area (Å²) < 4.78 is 1.58. The van der Waals surface area contributed by atoms with E-state index in [1.54, 1.807) is 22.8 Å². The quantitative estimate of drug-likeness (QED) is 0.434. The van der Waals surface area contributed by atoms with Gasteiger partial charge >= 0.3 is 0 Å². The van der Waals surface area contributed by atoms with E-state index in [1.165, 1.54) is 5.56 Å². The second-order valence-corrected chi connectivity index (χ2v) is 7.68. The maximum Gasteiger partial charge on any atom is 0.290 e. The lowest BCUT2D eigenvalue weighted by molar-refractivity contribution is -0.122. The molecule has 0 spiro atoms. The van der Waals surface area contributed by atoms with Crippen molar-refractivity contribution >= 4 is 40.6 Å². The maximum atomic E-state index is 13.3. The lowest BCUT2D eigenvalue weighted by Crippen LogP contribution is -2.22. The summed E-state index contributed by atoms with van der Waals surface area (Å²) in [7, 11) is 4.06. The zero-order valence-corrected chi connectivity index (χ0v) is 18.5. The standard InChI is InChI=1S/C23H21ClN4O.CH2O2/c1-27(2)15-16-7-6-8-18(13-16)25-23-26-21-12-11-17(24)14-20(21)22(29)28(23)19-9-4-3-5-10-19;2-1-3/h3-14H,15H2,1-2H3,(H,25,26);1H,(H,2,3). The van der Waals surface area contributed by atoms with Crippen molar-refractivity contribution < 1.29 is 9.90 Å². The van der Waals surface area contributed by atoms with Gasteiger partial charge in [0, 0.05) is 17.3 Å². The Morgan fingerprint density at radius 1 is 1.06 bits per heavy atom. The fraction of sp³-hybridized carbons (Fsp3) is 0.125. The van der Waals surface area contributed by atoms with Gasteiger partial charge < -0.3 is 15.3 Å². The molecular formula is C24H23ClN4O3. The van der Waals surface area contributed by atoms with Gasteiger partial charge in [-0.3, -0.25) is 9.59 Å². The molecule has 7 nitrogen and oxygen atoms in total. The maximum absolute atomic E-state index is 13.3. The molecule has 0 radical (unpaired) electrons. The Kier molecular flexibility index (Phi) is 7.59. The number of anilines is 2. The molecule has 0 saturated heterocycles. The largest absolute Gasteiger partial charge is 0.483 e. The number of benzene rings is 3. The van der Waals surface area contributed by atoms with Crippen molar-refractivity contribution in [1.82, 2.24) is 14.5 Å². The van der Waals surface area contributed by atoms with Crippen LogP contribution in [-0.4, -0.2) is 40.1 Å². The van der Waals surface area contributed by atoms with Crippen molar-refractivity contribution in [3.63, 3.8) is 0 Å². The Bertz CT molecular complexity index is 1270. The molecule has 0 atom stereocenters. The summed E-state index contributed by atoms with van der Waals surface area (Å²) in [6.07, 6.45) is 0. The van der Waals surface area contributed by atoms with Crippen molar-refractivity contribution in [3.05, 3.63) is 93.7 Å². The van der Waals surface area contributed by atoms with E-state index in [1.807, 2.05) is 56.6 Å². The van der Waals surface area contributed by atoms with Crippen LogP contribution in [0.25, 0.3) is 16.6 Å². The Labute approximate surface area is 190 Å². The minimum atomic E-state index is -0.250. The summed E-state index contributed by atoms with van der Waals surface area (Å²) in [4.78, 5) is 28.5. The molecule has 3 aromatic carbocycles. The summed E-state index contributed by atoms with van der Waals surface area (Å²) >= 11 is 6.12. The molecule has 1 heterocycles. The highest BCUT2D eigenvalue weighted by atomic mass is 35.5. The number of fused-ring (bicyclic) bond motifs is 1. The van der Waals surface area contributed by atoms with Crippen molar-refractivity contribution in [1.29, 1.82) is 0 Å². The first kappa shape index (κ1) is 23.0. The smallest absolute Gasteiger partial charge is 0.290 e. The van der Waals surface area contributed by atoms with Crippen molar-refractivity contribution in [2.75, 3.05) is 19.4 Å². The average molecular weight is 451 g/mol. The molecule has 0 aliphatic carbocycles. The lowest BCUT2D eigenvalue weighted by Gasteiger charge is -2.16.